The molecule has 2 aromatic rings. The van der Waals surface area contributed by atoms with Gasteiger partial charge in [-0.2, -0.15) is 0 Å². The number of hydrogen-bond acceptors (Lipinski definition) is 5. The van der Waals surface area contributed by atoms with Crippen LogP contribution < -0.4 is 10.4 Å². The Morgan fingerprint density at radius 2 is 1.88 bits per heavy atom. The van der Waals surface area contributed by atoms with E-state index in [0.717, 1.165) is 11.3 Å². The number of carbonyl (C=O) groups is 2. The molecule has 0 aliphatic carbocycles. The van der Waals surface area contributed by atoms with E-state index < -0.39 is 11.9 Å². The smallest absolute Gasteiger partial charge is 0.226 e. The second kappa shape index (κ2) is 8.76. The Balaban J connectivity index is 1.96. The lowest BCUT2D eigenvalue weighted by Crippen LogP contribution is -2.37. The Morgan fingerprint density at radius 1 is 1.20 bits per heavy atom. The molecular weight excluding hydrogens is 336 g/mol. The lowest BCUT2D eigenvalue weighted by Gasteiger charge is -2.26. The Bertz CT molecular complexity index is 712. The van der Waals surface area contributed by atoms with Crippen molar-refractivity contribution in [3.63, 3.8) is 0 Å². The van der Waals surface area contributed by atoms with Crippen molar-refractivity contribution in [1.82, 2.24) is 4.98 Å². The van der Waals surface area contributed by atoms with Crippen molar-refractivity contribution in [2.45, 2.75) is 33.6 Å². The number of hydrogen-bond donors (Lipinski definition) is 1. The average Bonchev–Trinajstić information content (AvgIpc) is 3.01. The highest BCUT2D eigenvalue weighted by molar-refractivity contribution is 7.14. The van der Waals surface area contributed by atoms with Crippen LogP contribution in [0.4, 0.5) is 5.13 Å². The van der Waals surface area contributed by atoms with Crippen LogP contribution in [0.25, 0.3) is 11.3 Å². The fraction of sp³-hybridized carbons (Fsp3) is 0.421. The lowest BCUT2D eigenvalue weighted by molar-refractivity contribution is -0.313. The van der Waals surface area contributed by atoms with Crippen LogP contribution in [0, 0.1) is 17.8 Å². The standard InChI is InChI=1S/C19H24N2O3S/c1-12(2)9-15(18(23)24)13(3)10-17(22)21-19-20-16(11-25-19)14-7-5-4-6-8-14/h4-8,11-13,15H,9-10H2,1-3H3,(H,23,24)(H,20,21,22)/p-1/t13-,15-/m1/s1. The largest absolute Gasteiger partial charge is 0.550 e. The van der Waals surface area contributed by atoms with Crippen LogP contribution in [-0.2, 0) is 9.59 Å². The summed E-state index contributed by atoms with van der Waals surface area (Å²) < 4.78 is 0. The second-order valence-corrected chi connectivity index (χ2v) is 7.55. The molecule has 1 amide bonds. The van der Waals surface area contributed by atoms with E-state index in [1.165, 1.54) is 11.3 Å². The molecule has 0 radical (unpaired) electrons. The van der Waals surface area contributed by atoms with Crippen molar-refractivity contribution in [3.05, 3.63) is 35.7 Å². The van der Waals surface area contributed by atoms with Gasteiger partial charge >= 0.3 is 0 Å². The normalized spacial score (nSPS) is 13.4. The molecule has 2 rings (SSSR count). The maximum absolute atomic E-state index is 12.2. The van der Waals surface area contributed by atoms with Crippen molar-refractivity contribution in [3.8, 4) is 11.3 Å². The Hall–Kier alpha value is -2.21. The minimum atomic E-state index is -1.09. The van der Waals surface area contributed by atoms with Crippen molar-refractivity contribution in [1.29, 1.82) is 0 Å². The van der Waals surface area contributed by atoms with Gasteiger partial charge in [-0.05, 0) is 18.3 Å². The van der Waals surface area contributed by atoms with E-state index in [-0.39, 0.29) is 24.2 Å². The number of rotatable bonds is 8. The first-order valence-electron chi connectivity index (χ1n) is 8.38. The molecule has 0 aliphatic heterocycles. The highest BCUT2D eigenvalue weighted by atomic mass is 32.1. The first kappa shape index (κ1) is 19.1. The Kier molecular flexibility index (Phi) is 6.70. The molecule has 1 aromatic carbocycles. The first-order valence-corrected chi connectivity index (χ1v) is 9.26. The summed E-state index contributed by atoms with van der Waals surface area (Å²) in [6, 6.07) is 9.72. The van der Waals surface area contributed by atoms with Crippen LogP contribution in [0.1, 0.15) is 33.6 Å². The molecule has 1 aromatic heterocycles. The Labute approximate surface area is 152 Å². The van der Waals surface area contributed by atoms with Crippen molar-refractivity contribution < 1.29 is 14.7 Å². The van der Waals surface area contributed by atoms with Crippen LogP contribution in [0.3, 0.4) is 0 Å². The van der Waals surface area contributed by atoms with Gasteiger partial charge in [0.05, 0.1) is 5.69 Å². The van der Waals surface area contributed by atoms with Crippen LogP contribution in [0.15, 0.2) is 35.7 Å². The van der Waals surface area contributed by atoms with Gasteiger partial charge in [-0.25, -0.2) is 4.98 Å². The maximum atomic E-state index is 12.2. The van der Waals surface area contributed by atoms with Gasteiger partial charge in [-0.1, -0.05) is 51.1 Å². The van der Waals surface area contributed by atoms with E-state index in [9.17, 15) is 14.7 Å². The van der Waals surface area contributed by atoms with Crippen molar-refractivity contribution in [2.24, 2.45) is 17.8 Å². The van der Waals surface area contributed by atoms with Crippen LogP contribution in [0.5, 0.6) is 0 Å². The summed E-state index contributed by atoms with van der Waals surface area (Å²) in [4.78, 5) is 28.0. The maximum Gasteiger partial charge on any atom is 0.226 e. The van der Waals surface area contributed by atoms with E-state index >= 15 is 0 Å². The third-order valence-electron chi connectivity index (χ3n) is 4.04. The van der Waals surface area contributed by atoms with Crippen LogP contribution >= 0.6 is 11.3 Å². The third kappa shape index (κ3) is 5.67. The van der Waals surface area contributed by atoms with Crippen molar-refractivity contribution >= 4 is 28.3 Å². The molecule has 0 unspecified atom stereocenters. The van der Waals surface area contributed by atoms with Crippen LogP contribution in [0.2, 0.25) is 0 Å². The average molecular weight is 359 g/mol. The van der Waals surface area contributed by atoms with Gasteiger partial charge in [0.1, 0.15) is 0 Å². The summed E-state index contributed by atoms with van der Waals surface area (Å²) in [5.41, 5.74) is 1.79. The van der Waals surface area contributed by atoms with E-state index in [1.54, 1.807) is 6.92 Å². The number of aromatic nitrogens is 1. The van der Waals surface area contributed by atoms with Gasteiger partial charge in [0.2, 0.25) is 5.91 Å². The molecule has 1 N–H and O–H groups in total. The summed E-state index contributed by atoms with van der Waals surface area (Å²) in [6.45, 7) is 5.70. The molecule has 0 fully saturated rings. The third-order valence-corrected chi connectivity index (χ3v) is 4.80. The number of thiazole rings is 1. The van der Waals surface area contributed by atoms with Gasteiger partial charge in [-0.3, -0.25) is 4.79 Å². The van der Waals surface area contributed by atoms with Crippen LogP contribution in [-0.4, -0.2) is 16.9 Å². The zero-order chi connectivity index (χ0) is 18.4. The molecule has 0 aliphatic rings. The number of aliphatic carboxylic acids is 1. The van der Waals surface area contributed by atoms with E-state index in [1.807, 2.05) is 49.6 Å². The number of carboxylic acids is 1. The summed E-state index contributed by atoms with van der Waals surface area (Å²) in [5.74, 6) is -1.99. The molecule has 0 bridgehead atoms. The second-order valence-electron chi connectivity index (χ2n) is 6.69. The topological polar surface area (TPSA) is 82.1 Å². The molecule has 1 heterocycles. The summed E-state index contributed by atoms with van der Waals surface area (Å²) >= 11 is 1.35. The Morgan fingerprint density at radius 3 is 2.48 bits per heavy atom. The number of amides is 1. The minimum absolute atomic E-state index is 0.131. The summed E-state index contributed by atoms with van der Waals surface area (Å²) in [7, 11) is 0. The van der Waals surface area contributed by atoms with Gasteiger partial charge in [0.25, 0.3) is 0 Å². The molecule has 134 valence electrons. The first-order chi connectivity index (χ1) is 11.9. The monoisotopic (exact) mass is 359 g/mol. The van der Waals surface area contributed by atoms with Gasteiger partial charge < -0.3 is 15.2 Å². The van der Waals surface area contributed by atoms with Gasteiger partial charge in [-0.15, -0.1) is 11.3 Å². The van der Waals surface area contributed by atoms with E-state index in [0.29, 0.717) is 11.6 Å². The highest BCUT2D eigenvalue weighted by Crippen LogP contribution is 2.26. The summed E-state index contributed by atoms with van der Waals surface area (Å²) in [6.07, 6.45) is 0.637. The fourth-order valence-corrected chi connectivity index (χ4v) is 3.48. The van der Waals surface area contributed by atoms with E-state index in [4.69, 9.17) is 0 Å². The minimum Gasteiger partial charge on any atom is -0.550 e. The number of nitrogens with zero attached hydrogens (tertiary/aromatic N) is 1. The number of carboxylic acid groups (broad SMARTS) is 1. The number of carbonyl (C=O) groups excluding carboxylic acids is 2. The number of anilines is 1. The molecule has 0 spiro atoms. The molecule has 5 nitrogen and oxygen atoms in total. The van der Waals surface area contributed by atoms with Crippen molar-refractivity contribution in [2.75, 3.05) is 5.32 Å². The van der Waals surface area contributed by atoms with E-state index in [2.05, 4.69) is 10.3 Å². The molecule has 6 heteroatoms. The van der Waals surface area contributed by atoms with Gasteiger partial charge in [0, 0.05) is 29.3 Å². The number of nitrogens with one attached hydrogen (secondary N) is 1. The number of benzene rings is 1. The molecule has 0 saturated carbocycles. The zero-order valence-electron chi connectivity index (χ0n) is 14.7. The highest BCUT2D eigenvalue weighted by Gasteiger charge is 2.22. The molecule has 0 saturated heterocycles. The quantitative estimate of drug-likeness (QED) is 0.785. The predicted octanol–water partition coefficient (Wildman–Crippen LogP) is 3.19. The van der Waals surface area contributed by atoms with Gasteiger partial charge in [0.15, 0.2) is 5.13 Å². The molecule has 25 heavy (non-hydrogen) atoms. The predicted molar refractivity (Wildman–Crippen MR) is 97.9 cm³/mol. The molecular formula is C19H23N2O3S-. The molecule has 2 atom stereocenters. The fourth-order valence-electron chi connectivity index (χ4n) is 2.75. The SMILES string of the molecule is CC(C)C[C@@H](C(=O)[O-])[C@H](C)CC(=O)Nc1nc(-c2ccccc2)cs1. The summed E-state index contributed by atoms with van der Waals surface area (Å²) in [5, 5.41) is 16.5. The zero-order valence-corrected chi connectivity index (χ0v) is 15.5. The lowest BCUT2D eigenvalue weighted by atomic mass is 9.84.